The second-order valence-corrected chi connectivity index (χ2v) is 4.34. The third kappa shape index (κ3) is 4.72. The molecule has 1 nitrogen and oxygen atoms in total. The SMILES string of the molecule is Cc1ccc(Br)cc1[C@@H](N)CC(F)(F)F.Cl. The summed E-state index contributed by atoms with van der Waals surface area (Å²) in [6, 6.07) is 4.16. The summed E-state index contributed by atoms with van der Waals surface area (Å²) in [6.45, 7) is 1.75. The highest BCUT2D eigenvalue weighted by atomic mass is 79.9. The van der Waals surface area contributed by atoms with Gasteiger partial charge in [0.15, 0.2) is 0 Å². The van der Waals surface area contributed by atoms with E-state index in [1.54, 1.807) is 25.1 Å². The molecule has 6 heteroatoms. The van der Waals surface area contributed by atoms with E-state index in [4.69, 9.17) is 5.73 Å². The largest absolute Gasteiger partial charge is 0.390 e. The number of nitrogens with two attached hydrogens (primary N) is 1. The number of rotatable bonds is 2. The zero-order valence-corrected chi connectivity index (χ0v) is 10.9. The molecule has 0 heterocycles. The number of hydrogen-bond acceptors (Lipinski definition) is 1. The standard InChI is InChI=1S/C10H11BrF3N.ClH/c1-6-2-3-7(11)4-8(6)9(15)5-10(12,13)14;/h2-4,9H,5,15H2,1H3;1H/t9-;/m0./s1. The quantitative estimate of drug-likeness (QED) is 0.871. The Morgan fingerprint density at radius 3 is 2.44 bits per heavy atom. The van der Waals surface area contributed by atoms with Crippen molar-refractivity contribution in [3.05, 3.63) is 33.8 Å². The minimum atomic E-state index is -4.23. The summed E-state index contributed by atoms with van der Waals surface area (Å²) in [4.78, 5) is 0. The predicted molar refractivity (Wildman–Crippen MR) is 63.7 cm³/mol. The van der Waals surface area contributed by atoms with Crippen molar-refractivity contribution in [3.63, 3.8) is 0 Å². The number of benzene rings is 1. The fraction of sp³-hybridized carbons (Fsp3) is 0.400. The van der Waals surface area contributed by atoms with E-state index in [0.717, 1.165) is 10.0 Å². The van der Waals surface area contributed by atoms with Crippen LogP contribution < -0.4 is 5.73 Å². The van der Waals surface area contributed by atoms with Gasteiger partial charge >= 0.3 is 6.18 Å². The second-order valence-electron chi connectivity index (χ2n) is 3.43. The summed E-state index contributed by atoms with van der Waals surface area (Å²) in [5.74, 6) is 0. The molecule has 0 amide bonds. The molecule has 0 spiro atoms. The second kappa shape index (κ2) is 5.89. The van der Waals surface area contributed by atoms with Crippen LogP contribution in [0.3, 0.4) is 0 Å². The smallest absolute Gasteiger partial charge is 0.324 e. The van der Waals surface area contributed by atoms with Crippen LogP contribution in [-0.2, 0) is 0 Å². The minimum absolute atomic E-state index is 0. The third-order valence-corrected chi connectivity index (χ3v) is 2.59. The van der Waals surface area contributed by atoms with Crippen molar-refractivity contribution in [2.75, 3.05) is 0 Å². The van der Waals surface area contributed by atoms with Gasteiger partial charge in [-0.25, -0.2) is 0 Å². The Balaban J connectivity index is 0.00000225. The summed E-state index contributed by atoms with van der Waals surface area (Å²) < 4.78 is 37.1. The summed E-state index contributed by atoms with van der Waals surface area (Å²) in [5, 5.41) is 0. The van der Waals surface area contributed by atoms with Crippen LogP contribution in [0.4, 0.5) is 13.2 Å². The normalized spacial score (nSPS) is 13.1. The van der Waals surface area contributed by atoms with E-state index in [1.165, 1.54) is 0 Å². The lowest BCUT2D eigenvalue weighted by Crippen LogP contribution is -2.20. The van der Waals surface area contributed by atoms with Crippen LogP contribution >= 0.6 is 28.3 Å². The molecule has 0 unspecified atom stereocenters. The van der Waals surface area contributed by atoms with E-state index in [2.05, 4.69) is 15.9 Å². The maximum Gasteiger partial charge on any atom is 0.390 e. The molecule has 0 aliphatic rings. The van der Waals surface area contributed by atoms with Gasteiger partial charge in [-0.3, -0.25) is 0 Å². The first-order valence-electron chi connectivity index (χ1n) is 4.38. The molecule has 0 aromatic heterocycles. The summed E-state index contributed by atoms with van der Waals surface area (Å²) >= 11 is 3.21. The summed E-state index contributed by atoms with van der Waals surface area (Å²) in [6.07, 6.45) is -5.22. The van der Waals surface area contributed by atoms with Gasteiger partial charge in [-0.15, -0.1) is 12.4 Å². The molecular weight excluding hydrogens is 306 g/mol. The third-order valence-electron chi connectivity index (χ3n) is 2.09. The van der Waals surface area contributed by atoms with Crippen LogP contribution in [0.5, 0.6) is 0 Å². The average Bonchev–Trinajstić information content (AvgIpc) is 2.06. The lowest BCUT2D eigenvalue weighted by atomic mass is 9.99. The lowest BCUT2D eigenvalue weighted by molar-refractivity contribution is -0.138. The van der Waals surface area contributed by atoms with Crippen molar-refractivity contribution in [2.45, 2.75) is 25.6 Å². The van der Waals surface area contributed by atoms with Crippen LogP contribution in [0.1, 0.15) is 23.6 Å². The zero-order valence-electron chi connectivity index (χ0n) is 8.51. The molecule has 2 N–H and O–H groups in total. The Labute approximate surface area is 107 Å². The van der Waals surface area contributed by atoms with Crippen molar-refractivity contribution in [1.82, 2.24) is 0 Å². The lowest BCUT2D eigenvalue weighted by Gasteiger charge is -2.16. The van der Waals surface area contributed by atoms with Gasteiger partial charge in [-0.1, -0.05) is 22.0 Å². The van der Waals surface area contributed by atoms with E-state index in [-0.39, 0.29) is 12.4 Å². The summed E-state index contributed by atoms with van der Waals surface area (Å²) in [7, 11) is 0. The molecule has 0 radical (unpaired) electrons. The minimum Gasteiger partial charge on any atom is -0.324 e. The van der Waals surface area contributed by atoms with Gasteiger partial charge < -0.3 is 5.73 Å². The Kier molecular flexibility index (Phi) is 5.79. The van der Waals surface area contributed by atoms with Gasteiger partial charge in [-0.05, 0) is 30.2 Å². The van der Waals surface area contributed by atoms with Gasteiger partial charge in [0.2, 0.25) is 0 Å². The maximum absolute atomic E-state index is 12.1. The Morgan fingerprint density at radius 2 is 1.94 bits per heavy atom. The molecule has 0 bridgehead atoms. The van der Waals surface area contributed by atoms with Gasteiger partial charge in [0.25, 0.3) is 0 Å². The van der Waals surface area contributed by atoms with Crippen LogP contribution in [0, 0.1) is 6.92 Å². The molecule has 16 heavy (non-hydrogen) atoms. The molecule has 1 aromatic carbocycles. The van der Waals surface area contributed by atoms with Crippen molar-refractivity contribution in [2.24, 2.45) is 5.73 Å². The van der Waals surface area contributed by atoms with E-state index in [0.29, 0.717) is 5.56 Å². The molecule has 1 aromatic rings. The van der Waals surface area contributed by atoms with Crippen molar-refractivity contribution < 1.29 is 13.2 Å². The zero-order chi connectivity index (χ0) is 11.6. The fourth-order valence-electron chi connectivity index (χ4n) is 1.37. The predicted octanol–water partition coefficient (Wildman–Crippen LogP) is 4.13. The molecule has 0 saturated carbocycles. The first-order valence-corrected chi connectivity index (χ1v) is 5.17. The highest BCUT2D eigenvalue weighted by Gasteiger charge is 2.31. The molecule has 1 rings (SSSR count). The van der Waals surface area contributed by atoms with E-state index in [9.17, 15) is 13.2 Å². The van der Waals surface area contributed by atoms with Crippen LogP contribution in [0.25, 0.3) is 0 Å². The molecule has 0 saturated heterocycles. The number of halogens is 5. The summed E-state index contributed by atoms with van der Waals surface area (Å²) in [5.41, 5.74) is 6.81. The number of hydrogen-bond donors (Lipinski definition) is 1. The molecule has 1 atom stereocenters. The first-order chi connectivity index (χ1) is 6.79. The van der Waals surface area contributed by atoms with Crippen LogP contribution in [0.2, 0.25) is 0 Å². The Morgan fingerprint density at radius 1 is 1.38 bits per heavy atom. The van der Waals surface area contributed by atoms with Crippen molar-refractivity contribution in [3.8, 4) is 0 Å². The highest BCUT2D eigenvalue weighted by molar-refractivity contribution is 9.10. The number of alkyl halides is 3. The molecular formula is C10H12BrClF3N. The van der Waals surface area contributed by atoms with Crippen LogP contribution in [-0.4, -0.2) is 6.18 Å². The van der Waals surface area contributed by atoms with Gasteiger partial charge in [0, 0.05) is 10.5 Å². The Hall–Kier alpha value is -0.260. The topological polar surface area (TPSA) is 26.0 Å². The van der Waals surface area contributed by atoms with Crippen molar-refractivity contribution in [1.29, 1.82) is 0 Å². The maximum atomic E-state index is 12.1. The van der Waals surface area contributed by atoms with E-state index < -0.39 is 18.6 Å². The average molecular weight is 319 g/mol. The fourth-order valence-corrected chi connectivity index (χ4v) is 1.75. The van der Waals surface area contributed by atoms with Gasteiger partial charge in [0.05, 0.1) is 6.42 Å². The van der Waals surface area contributed by atoms with E-state index >= 15 is 0 Å². The van der Waals surface area contributed by atoms with Gasteiger partial charge in [0.1, 0.15) is 0 Å². The van der Waals surface area contributed by atoms with E-state index in [1.807, 2.05) is 0 Å². The molecule has 0 aliphatic carbocycles. The molecule has 92 valence electrons. The van der Waals surface area contributed by atoms with Gasteiger partial charge in [-0.2, -0.15) is 13.2 Å². The molecule has 0 aliphatic heterocycles. The monoisotopic (exact) mass is 317 g/mol. The number of aryl methyl sites for hydroxylation is 1. The molecule has 0 fully saturated rings. The first kappa shape index (κ1) is 15.7. The highest BCUT2D eigenvalue weighted by Crippen LogP contribution is 2.30. The van der Waals surface area contributed by atoms with Crippen LogP contribution in [0.15, 0.2) is 22.7 Å². The van der Waals surface area contributed by atoms with Crippen molar-refractivity contribution >= 4 is 28.3 Å². The Bertz CT molecular complexity index is 354.